The molecular weight excluding hydrogens is 288 g/mol. The minimum Gasteiger partial charge on any atom is -0.497 e. The summed E-state index contributed by atoms with van der Waals surface area (Å²) in [6.45, 7) is 5.61. The maximum Gasteiger partial charge on any atom is 0.119 e. The molecule has 0 aliphatic carbocycles. The van der Waals surface area contributed by atoms with Crippen LogP contribution in [0.1, 0.15) is 24.3 Å². The van der Waals surface area contributed by atoms with Crippen LogP contribution in [0, 0.1) is 5.92 Å². The van der Waals surface area contributed by atoms with Gasteiger partial charge in [-0.2, -0.15) is 0 Å². The Balaban J connectivity index is 1.64. The Bertz CT molecular complexity index is 542. The van der Waals surface area contributed by atoms with Crippen molar-refractivity contribution in [3.8, 4) is 5.75 Å². The average Bonchev–Trinajstić information content (AvgIpc) is 3.03. The third kappa shape index (κ3) is 2.67. The zero-order valence-corrected chi connectivity index (χ0v) is 14.3. The van der Waals surface area contributed by atoms with Gasteiger partial charge in [-0.1, -0.05) is 12.1 Å². The van der Waals surface area contributed by atoms with Crippen LogP contribution in [0.15, 0.2) is 24.3 Å². The number of rotatable bonds is 5. The van der Waals surface area contributed by atoms with Crippen LogP contribution in [0.3, 0.4) is 0 Å². The van der Waals surface area contributed by atoms with E-state index >= 15 is 0 Å². The van der Waals surface area contributed by atoms with Gasteiger partial charge in [-0.05, 0) is 49.5 Å². The van der Waals surface area contributed by atoms with Gasteiger partial charge >= 0.3 is 0 Å². The van der Waals surface area contributed by atoms with Crippen molar-refractivity contribution in [1.82, 2.24) is 9.80 Å². The highest BCUT2D eigenvalue weighted by molar-refractivity contribution is 5.34. The third-order valence-corrected chi connectivity index (χ3v) is 6.20. The van der Waals surface area contributed by atoms with Gasteiger partial charge in [-0.25, -0.2) is 0 Å². The number of ether oxygens (including phenoxy) is 2. The Morgan fingerprint density at radius 1 is 1.13 bits per heavy atom. The van der Waals surface area contributed by atoms with E-state index in [2.05, 4.69) is 28.0 Å². The molecule has 4 nitrogen and oxygen atoms in total. The number of hydrogen-bond acceptors (Lipinski definition) is 4. The monoisotopic (exact) mass is 316 g/mol. The molecule has 0 radical (unpaired) electrons. The molecule has 0 spiro atoms. The van der Waals surface area contributed by atoms with E-state index in [4.69, 9.17) is 9.47 Å². The lowest BCUT2D eigenvalue weighted by atomic mass is 9.75. The Morgan fingerprint density at radius 2 is 1.96 bits per heavy atom. The number of hydrogen-bond donors (Lipinski definition) is 0. The highest BCUT2D eigenvalue weighted by Gasteiger charge is 2.52. The van der Waals surface area contributed by atoms with Gasteiger partial charge in [0.2, 0.25) is 0 Å². The summed E-state index contributed by atoms with van der Waals surface area (Å²) in [6, 6.07) is 10.1. The van der Waals surface area contributed by atoms with Crippen molar-refractivity contribution in [1.29, 1.82) is 0 Å². The van der Waals surface area contributed by atoms with Crippen molar-refractivity contribution in [2.45, 2.75) is 30.8 Å². The molecule has 1 aromatic rings. The summed E-state index contributed by atoms with van der Waals surface area (Å²) in [5.41, 5.74) is 1.44. The van der Waals surface area contributed by atoms with Crippen LogP contribution >= 0.6 is 0 Å². The average molecular weight is 316 g/mol. The molecule has 2 bridgehead atoms. The molecule has 0 unspecified atom stereocenters. The zero-order valence-electron chi connectivity index (χ0n) is 14.3. The molecule has 3 atom stereocenters. The van der Waals surface area contributed by atoms with E-state index in [1.165, 1.54) is 31.5 Å². The topological polar surface area (TPSA) is 24.9 Å². The Kier molecular flexibility index (Phi) is 4.31. The molecule has 4 heterocycles. The van der Waals surface area contributed by atoms with Crippen molar-refractivity contribution in [3.63, 3.8) is 0 Å². The summed E-state index contributed by atoms with van der Waals surface area (Å²) < 4.78 is 10.8. The molecule has 0 amide bonds. The maximum atomic E-state index is 5.46. The van der Waals surface area contributed by atoms with Crippen LogP contribution in [-0.2, 0) is 4.74 Å². The minimum absolute atomic E-state index is 0.593. The van der Waals surface area contributed by atoms with Crippen LogP contribution in [0.4, 0.5) is 0 Å². The van der Waals surface area contributed by atoms with Gasteiger partial charge in [-0.15, -0.1) is 0 Å². The zero-order chi connectivity index (χ0) is 15.8. The molecule has 4 fully saturated rings. The number of benzene rings is 1. The van der Waals surface area contributed by atoms with E-state index < -0.39 is 0 Å². The Labute approximate surface area is 139 Å². The molecule has 4 saturated heterocycles. The van der Waals surface area contributed by atoms with Crippen molar-refractivity contribution in [2.24, 2.45) is 5.92 Å². The molecular formula is C19H28N2O2. The Morgan fingerprint density at radius 3 is 2.70 bits per heavy atom. The number of fused-ring (bicyclic) bond motifs is 2. The number of likely N-dealkylation sites (tertiary alicyclic amines) is 1. The van der Waals surface area contributed by atoms with Crippen LogP contribution < -0.4 is 4.74 Å². The molecule has 126 valence electrons. The van der Waals surface area contributed by atoms with Gasteiger partial charge in [0.25, 0.3) is 0 Å². The number of piperidine rings is 3. The second-order valence-electron chi connectivity index (χ2n) is 7.23. The van der Waals surface area contributed by atoms with Crippen molar-refractivity contribution in [3.05, 3.63) is 29.8 Å². The molecule has 4 aliphatic heterocycles. The smallest absolute Gasteiger partial charge is 0.119 e. The van der Waals surface area contributed by atoms with E-state index in [9.17, 15) is 0 Å². The largest absolute Gasteiger partial charge is 0.497 e. The van der Waals surface area contributed by atoms with Crippen LogP contribution in [-0.4, -0.2) is 68.9 Å². The minimum atomic E-state index is 0.593. The van der Waals surface area contributed by atoms with Gasteiger partial charge in [-0.3, -0.25) is 9.80 Å². The van der Waals surface area contributed by atoms with Gasteiger partial charge in [0.05, 0.1) is 13.7 Å². The van der Waals surface area contributed by atoms with Crippen molar-refractivity contribution < 1.29 is 9.47 Å². The fourth-order valence-electron chi connectivity index (χ4n) is 5.17. The van der Waals surface area contributed by atoms with Gasteiger partial charge in [0.1, 0.15) is 5.75 Å². The molecule has 0 aromatic heterocycles. The molecule has 4 aliphatic rings. The first-order chi connectivity index (χ1) is 11.3. The van der Waals surface area contributed by atoms with Crippen LogP contribution in [0.25, 0.3) is 0 Å². The van der Waals surface area contributed by atoms with E-state index in [0.717, 1.165) is 31.4 Å². The first-order valence-corrected chi connectivity index (χ1v) is 8.93. The molecule has 1 aromatic carbocycles. The van der Waals surface area contributed by atoms with E-state index in [1.807, 2.05) is 13.2 Å². The SMILES string of the molecule is COCCN1C[C@@H](c2cccc(OC)c2)[C@@H]2[C@H]1C1CCN2CC1. The summed E-state index contributed by atoms with van der Waals surface area (Å²) in [6.07, 6.45) is 2.74. The first kappa shape index (κ1) is 15.4. The number of nitrogens with zero attached hydrogens (tertiary/aromatic N) is 2. The van der Waals surface area contributed by atoms with E-state index in [1.54, 1.807) is 7.11 Å². The fraction of sp³-hybridized carbons (Fsp3) is 0.684. The van der Waals surface area contributed by atoms with Crippen molar-refractivity contribution in [2.75, 3.05) is 47.0 Å². The predicted octanol–water partition coefficient (Wildman–Crippen LogP) is 2.20. The summed E-state index contributed by atoms with van der Waals surface area (Å²) >= 11 is 0. The predicted molar refractivity (Wildman–Crippen MR) is 91.1 cm³/mol. The Hall–Kier alpha value is -1.10. The lowest BCUT2D eigenvalue weighted by Crippen LogP contribution is -2.60. The quantitative estimate of drug-likeness (QED) is 0.831. The lowest BCUT2D eigenvalue weighted by molar-refractivity contribution is -0.0116. The highest BCUT2D eigenvalue weighted by atomic mass is 16.5. The second kappa shape index (κ2) is 6.42. The molecule has 0 saturated carbocycles. The summed E-state index contributed by atoms with van der Waals surface area (Å²) in [7, 11) is 3.57. The summed E-state index contributed by atoms with van der Waals surface area (Å²) in [4.78, 5) is 5.45. The maximum absolute atomic E-state index is 5.46. The second-order valence-corrected chi connectivity index (χ2v) is 7.23. The molecule has 4 heteroatoms. The normalized spacial score (nSPS) is 36.2. The van der Waals surface area contributed by atoms with Crippen LogP contribution in [0.5, 0.6) is 5.75 Å². The lowest BCUT2D eigenvalue weighted by Gasteiger charge is -2.51. The highest BCUT2D eigenvalue weighted by Crippen LogP contribution is 2.46. The molecule has 23 heavy (non-hydrogen) atoms. The standard InChI is InChI=1S/C19H28N2O2/c1-22-11-10-21-13-17(15-4-3-5-16(12-15)23-2)19-18(21)14-6-8-20(19)9-7-14/h3-5,12,14,17-19H,6-11,13H2,1-2H3/t17-,18+,19+/m0/s1. The third-order valence-electron chi connectivity index (χ3n) is 6.20. The van der Waals surface area contributed by atoms with Gasteiger partial charge in [0.15, 0.2) is 0 Å². The summed E-state index contributed by atoms with van der Waals surface area (Å²) in [5, 5.41) is 0. The molecule has 5 rings (SSSR count). The van der Waals surface area contributed by atoms with Gasteiger partial charge in [0, 0.05) is 38.2 Å². The first-order valence-electron chi connectivity index (χ1n) is 8.93. The van der Waals surface area contributed by atoms with Crippen molar-refractivity contribution >= 4 is 0 Å². The van der Waals surface area contributed by atoms with Crippen LogP contribution in [0.2, 0.25) is 0 Å². The summed E-state index contributed by atoms with van der Waals surface area (Å²) in [5.74, 6) is 2.44. The molecule has 0 N–H and O–H groups in total. The van der Waals surface area contributed by atoms with Gasteiger partial charge < -0.3 is 9.47 Å². The number of methoxy groups -OCH3 is 2. The van der Waals surface area contributed by atoms with E-state index in [-0.39, 0.29) is 0 Å². The fourth-order valence-corrected chi connectivity index (χ4v) is 5.17. The van der Waals surface area contributed by atoms with E-state index in [0.29, 0.717) is 18.0 Å².